The first-order chi connectivity index (χ1) is 10.5. The van der Waals surface area contributed by atoms with Crippen LogP contribution in [0.5, 0.6) is 0 Å². The van der Waals surface area contributed by atoms with Gasteiger partial charge in [-0.3, -0.25) is 4.79 Å². The van der Waals surface area contributed by atoms with Crippen LogP contribution in [0.15, 0.2) is 17.4 Å². The molecule has 1 fully saturated rings. The van der Waals surface area contributed by atoms with Gasteiger partial charge in [-0.15, -0.1) is 0 Å². The SMILES string of the molecule is CSc1nccc(C(=O)N2C(C(=O)O)CCCN2C(=O)O)n1. The molecule has 0 bridgehead atoms. The molecule has 1 aromatic rings. The molecule has 1 aromatic heterocycles. The maximum absolute atomic E-state index is 12.6. The second-order valence-corrected chi connectivity index (χ2v) is 5.25. The first-order valence-electron chi connectivity index (χ1n) is 6.39. The molecule has 0 spiro atoms. The summed E-state index contributed by atoms with van der Waals surface area (Å²) < 4.78 is 0. The molecule has 118 valence electrons. The van der Waals surface area contributed by atoms with Crippen LogP contribution in [0, 0.1) is 0 Å². The van der Waals surface area contributed by atoms with Gasteiger partial charge in [0.25, 0.3) is 5.91 Å². The van der Waals surface area contributed by atoms with Crippen LogP contribution in [-0.2, 0) is 4.79 Å². The molecule has 0 aliphatic carbocycles. The monoisotopic (exact) mass is 326 g/mol. The Kier molecular flexibility index (Phi) is 4.81. The van der Waals surface area contributed by atoms with Crippen molar-refractivity contribution in [3.8, 4) is 0 Å². The average molecular weight is 326 g/mol. The van der Waals surface area contributed by atoms with Gasteiger partial charge in [-0.05, 0) is 25.2 Å². The quantitative estimate of drug-likeness (QED) is 0.617. The van der Waals surface area contributed by atoms with Crippen molar-refractivity contribution < 1.29 is 24.6 Å². The molecule has 2 heterocycles. The van der Waals surface area contributed by atoms with E-state index in [4.69, 9.17) is 0 Å². The van der Waals surface area contributed by atoms with Gasteiger partial charge in [-0.25, -0.2) is 29.6 Å². The fraction of sp³-hybridized carbons (Fsp3) is 0.417. The number of carboxylic acid groups (broad SMARTS) is 2. The molecule has 10 heteroatoms. The number of thioether (sulfide) groups is 1. The van der Waals surface area contributed by atoms with Crippen LogP contribution in [0.4, 0.5) is 4.79 Å². The third-order valence-electron chi connectivity index (χ3n) is 3.15. The van der Waals surface area contributed by atoms with Gasteiger partial charge >= 0.3 is 12.1 Å². The molecular weight excluding hydrogens is 312 g/mol. The number of aliphatic carboxylic acids is 1. The summed E-state index contributed by atoms with van der Waals surface area (Å²) in [6.45, 7) is 0.0608. The molecular formula is C12H14N4O5S. The van der Waals surface area contributed by atoms with Crippen molar-refractivity contribution >= 4 is 29.7 Å². The summed E-state index contributed by atoms with van der Waals surface area (Å²) in [5.74, 6) is -2.02. The molecule has 0 aromatic carbocycles. The number of aromatic nitrogens is 2. The Morgan fingerprint density at radius 3 is 2.68 bits per heavy atom. The molecule has 2 amide bonds. The van der Waals surface area contributed by atoms with Crippen LogP contribution >= 0.6 is 11.8 Å². The highest BCUT2D eigenvalue weighted by Gasteiger charge is 2.40. The summed E-state index contributed by atoms with van der Waals surface area (Å²) in [5, 5.41) is 20.3. The summed E-state index contributed by atoms with van der Waals surface area (Å²) >= 11 is 1.22. The Balaban J connectivity index is 2.39. The molecule has 1 unspecified atom stereocenters. The number of carbonyl (C=O) groups is 3. The van der Waals surface area contributed by atoms with E-state index in [-0.39, 0.29) is 18.7 Å². The highest BCUT2D eigenvalue weighted by Crippen LogP contribution is 2.21. The standard InChI is InChI=1S/C12H14N4O5S/c1-22-11-13-5-4-7(14-11)9(17)16-8(10(18)19)3-2-6-15(16)12(20)21/h4-5,8H,2-3,6H2,1H3,(H,18,19)(H,20,21). The van der Waals surface area contributed by atoms with Gasteiger partial charge in [0.1, 0.15) is 5.69 Å². The number of hydrogen-bond donors (Lipinski definition) is 2. The van der Waals surface area contributed by atoms with Crippen LogP contribution in [0.2, 0.25) is 0 Å². The highest BCUT2D eigenvalue weighted by atomic mass is 32.2. The summed E-state index contributed by atoms with van der Waals surface area (Å²) in [4.78, 5) is 43.1. The fourth-order valence-corrected chi connectivity index (χ4v) is 2.53. The molecule has 0 saturated carbocycles. The summed E-state index contributed by atoms with van der Waals surface area (Å²) in [6.07, 6.45) is 2.28. The van der Waals surface area contributed by atoms with E-state index in [1.54, 1.807) is 6.26 Å². The second-order valence-electron chi connectivity index (χ2n) is 4.48. The van der Waals surface area contributed by atoms with Crippen LogP contribution in [0.1, 0.15) is 23.3 Å². The highest BCUT2D eigenvalue weighted by molar-refractivity contribution is 7.98. The molecule has 0 radical (unpaired) electrons. The van der Waals surface area contributed by atoms with E-state index in [1.165, 1.54) is 24.0 Å². The normalized spacial score (nSPS) is 18.1. The van der Waals surface area contributed by atoms with E-state index in [2.05, 4.69) is 9.97 Å². The molecule has 1 saturated heterocycles. The van der Waals surface area contributed by atoms with Crippen molar-refractivity contribution in [1.29, 1.82) is 0 Å². The smallest absolute Gasteiger partial charge is 0.426 e. The molecule has 1 atom stereocenters. The van der Waals surface area contributed by atoms with Gasteiger partial charge in [0.05, 0.1) is 0 Å². The lowest BCUT2D eigenvalue weighted by Crippen LogP contribution is -2.60. The zero-order valence-electron chi connectivity index (χ0n) is 11.7. The van der Waals surface area contributed by atoms with Crippen molar-refractivity contribution in [1.82, 2.24) is 20.0 Å². The zero-order valence-corrected chi connectivity index (χ0v) is 12.5. The number of hydrogen-bond acceptors (Lipinski definition) is 6. The number of carbonyl (C=O) groups excluding carboxylic acids is 1. The van der Waals surface area contributed by atoms with Crippen molar-refractivity contribution in [2.24, 2.45) is 0 Å². The number of nitrogens with zero attached hydrogens (tertiary/aromatic N) is 4. The summed E-state index contributed by atoms with van der Waals surface area (Å²) in [7, 11) is 0. The van der Waals surface area contributed by atoms with Gasteiger partial charge in [0.2, 0.25) is 0 Å². The third kappa shape index (κ3) is 3.11. The lowest BCUT2D eigenvalue weighted by Gasteiger charge is -2.40. The lowest BCUT2D eigenvalue weighted by molar-refractivity contribution is -0.150. The first-order valence-corrected chi connectivity index (χ1v) is 7.62. The van der Waals surface area contributed by atoms with Crippen LogP contribution in [0.3, 0.4) is 0 Å². The van der Waals surface area contributed by atoms with Crippen LogP contribution in [-0.4, -0.2) is 67.0 Å². The minimum absolute atomic E-state index is 0.0428. The Hall–Kier alpha value is -2.36. The number of hydrazine groups is 1. The van der Waals surface area contributed by atoms with Gasteiger partial charge in [-0.1, -0.05) is 11.8 Å². The molecule has 1 aliphatic rings. The Bertz CT molecular complexity index is 589. The van der Waals surface area contributed by atoms with Gasteiger partial charge in [-0.2, -0.15) is 0 Å². The van der Waals surface area contributed by atoms with Crippen molar-refractivity contribution in [3.63, 3.8) is 0 Å². The maximum Gasteiger partial charge on any atom is 0.426 e. The third-order valence-corrected chi connectivity index (χ3v) is 3.71. The van der Waals surface area contributed by atoms with Crippen LogP contribution in [0.25, 0.3) is 0 Å². The van der Waals surface area contributed by atoms with Gasteiger partial charge < -0.3 is 10.2 Å². The van der Waals surface area contributed by atoms with Crippen LogP contribution < -0.4 is 0 Å². The largest absolute Gasteiger partial charge is 0.480 e. The Morgan fingerprint density at radius 2 is 2.09 bits per heavy atom. The van der Waals surface area contributed by atoms with Gasteiger partial charge in [0.15, 0.2) is 11.2 Å². The number of carboxylic acids is 1. The topological polar surface area (TPSA) is 124 Å². The lowest BCUT2D eigenvalue weighted by atomic mass is 10.1. The summed E-state index contributed by atoms with van der Waals surface area (Å²) in [5.41, 5.74) is -0.0428. The first kappa shape index (κ1) is 16.0. The zero-order chi connectivity index (χ0) is 16.3. The van der Waals surface area contributed by atoms with Crippen molar-refractivity contribution in [3.05, 3.63) is 18.0 Å². The fourth-order valence-electron chi connectivity index (χ4n) is 2.18. The van der Waals surface area contributed by atoms with E-state index in [0.29, 0.717) is 11.6 Å². The van der Waals surface area contributed by atoms with Gasteiger partial charge in [0, 0.05) is 12.7 Å². The minimum Gasteiger partial charge on any atom is -0.480 e. The van der Waals surface area contributed by atoms with E-state index in [0.717, 1.165) is 10.0 Å². The molecule has 22 heavy (non-hydrogen) atoms. The van der Waals surface area contributed by atoms with E-state index in [1.807, 2.05) is 0 Å². The molecule has 2 rings (SSSR count). The van der Waals surface area contributed by atoms with Crippen molar-refractivity contribution in [2.45, 2.75) is 24.0 Å². The molecule has 2 N–H and O–H groups in total. The molecule has 1 aliphatic heterocycles. The van der Waals surface area contributed by atoms with E-state index < -0.39 is 24.0 Å². The molecule has 9 nitrogen and oxygen atoms in total. The Labute approximate surface area is 129 Å². The predicted molar refractivity (Wildman–Crippen MR) is 75.4 cm³/mol. The van der Waals surface area contributed by atoms with E-state index in [9.17, 15) is 24.6 Å². The maximum atomic E-state index is 12.6. The predicted octanol–water partition coefficient (Wildman–Crippen LogP) is 0.783. The number of rotatable bonds is 3. The summed E-state index contributed by atoms with van der Waals surface area (Å²) in [6, 6.07) is 0.0975. The average Bonchev–Trinajstić information content (AvgIpc) is 2.53. The second kappa shape index (κ2) is 6.60. The van der Waals surface area contributed by atoms with Crippen molar-refractivity contribution in [2.75, 3.05) is 12.8 Å². The Morgan fingerprint density at radius 1 is 1.36 bits per heavy atom. The minimum atomic E-state index is -1.38. The number of amides is 2. The van der Waals surface area contributed by atoms with E-state index >= 15 is 0 Å².